The first-order valence-corrected chi connectivity index (χ1v) is 7.93. The van der Waals surface area contributed by atoms with Crippen LogP contribution in [-0.2, 0) is 0 Å². The van der Waals surface area contributed by atoms with Gasteiger partial charge in [-0.2, -0.15) is 5.10 Å². The average molecular weight is 342 g/mol. The summed E-state index contributed by atoms with van der Waals surface area (Å²) in [6.07, 6.45) is 1.44. The molecule has 2 rings (SSSR count). The molecule has 0 radical (unpaired) electrons. The number of carbonyl (C=O) groups excluding carboxylic acids is 1. The second kappa shape index (κ2) is 8.73. The summed E-state index contributed by atoms with van der Waals surface area (Å²) in [5.74, 6) is 1.22. The largest absolute Gasteiger partial charge is 0.504 e. The molecule has 0 aromatic heterocycles. The summed E-state index contributed by atoms with van der Waals surface area (Å²) >= 11 is 0. The molecule has 0 aliphatic heterocycles. The van der Waals surface area contributed by atoms with E-state index < -0.39 is 0 Å². The number of phenolic OH excluding ortho intramolecular Hbond substituents is 1. The summed E-state index contributed by atoms with van der Waals surface area (Å²) in [5, 5.41) is 13.6. The Labute approximate surface area is 147 Å². The monoisotopic (exact) mass is 342 g/mol. The van der Waals surface area contributed by atoms with Gasteiger partial charge < -0.3 is 14.6 Å². The van der Waals surface area contributed by atoms with Crippen molar-refractivity contribution in [2.45, 2.75) is 13.8 Å². The third kappa shape index (κ3) is 5.53. The Bertz CT molecular complexity index is 740. The summed E-state index contributed by atoms with van der Waals surface area (Å²) < 4.78 is 10.5. The van der Waals surface area contributed by atoms with Gasteiger partial charge in [-0.05, 0) is 53.9 Å². The van der Waals surface area contributed by atoms with Gasteiger partial charge in [-0.3, -0.25) is 4.79 Å². The lowest BCUT2D eigenvalue weighted by atomic mass is 10.2. The molecule has 0 heterocycles. The summed E-state index contributed by atoms with van der Waals surface area (Å²) in [4.78, 5) is 12.0. The number of hydrogen-bond acceptors (Lipinski definition) is 5. The molecule has 2 aromatic rings. The Morgan fingerprint density at radius 1 is 1.24 bits per heavy atom. The molecule has 0 unspecified atom stereocenters. The number of hydrogen-bond donors (Lipinski definition) is 2. The Morgan fingerprint density at radius 2 is 1.96 bits per heavy atom. The molecule has 0 atom stereocenters. The number of ether oxygens (including phenoxy) is 2. The van der Waals surface area contributed by atoms with Gasteiger partial charge >= 0.3 is 0 Å². The van der Waals surface area contributed by atoms with Crippen LogP contribution in [0.5, 0.6) is 17.2 Å². The molecule has 0 bridgehead atoms. The zero-order valence-electron chi connectivity index (χ0n) is 14.5. The third-order valence-corrected chi connectivity index (χ3v) is 3.28. The van der Waals surface area contributed by atoms with Gasteiger partial charge in [-0.15, -0.1) is 0 Å². The number of benzene rings is 2. The van der Waals surface area contributed by atoms with Gasteiger partial charge in [0.15, 0.2) is 11.5 Å². The molecular formula is C19H22N2O4. The molecule has 132 valence electrons. The lowest BCUT2D eigenvalue weighted by Gasteiger charge is -2.08. The standard InChI is InChI=1S/C19H22N2O4/c1-13(2)12-25-16-7-5-15(6-8-16)19(23)21-20-11-14-4-9-18(24-3)17(22)10-14/h4-11,13,22H,12H2,1-3H3,(H,21,23). The maximum atomic E-state index is 12.0. The van der Waals surface area contributed by atoms with Gasteiger partial charge in [-0.25, -0.2) is 5.43 Å². The number of hydrazone groups is 1. The minimum Gasteiger partial charge on any atom is -0.504 e. The molecule has 0 saturated heterocycles. The van der Waals surface area contributed by atoms with E-state index in [-0.39, 0.29) is 11.7 Å². The van der Waals surface area contributed by atoms with Gasteiger partial charge in [0.25, 0.3) is 5.91 Å². The smallest absolute Gasteiger partial charge is 0.271 e. The topological polar surface area (TPSA) is 80.2 Å². The van der Waals surface area contributed by atoms with Gasteiger partial charge in [0.1, 0.15) is 5.75 Å². The van der Waals surface area contributed by atoms with Crippen LogP contribution in [0, 0.1) is 5.92 Å². The van der Waals surface area contributed by atoms with E-state index in [4.69, 9.17) is 9.47 Å². The minimum atomic E-state index is -0.329. The molecule has 2 N–H and O–H groups in total. The first kappa shape index (κ1) is 18.3. The quantitative estimate of drug-likeness (QED) is 0.598. The van der Waals surface area contributed by atoms with Crippen molar-refractivity contribution >= 4 is 12.1 Å². The normalized spacial score (nSPS) is 10.9. The lowest BCUT2D eigenvalue weighted by Crippen LogP contribution is -2.17. The lowest BCUT2D eigenvalue weighted by molar-refractivity contribution is 0.0955. The van der Waals surface area contributed by atoms with Crippen molar-refractivity contribution in [3.63, 3.8) is 0 Å². The van der Waals surface area contributed by atoms with Gasteiger partial charge in [0, 0.05) is 5.56 Å². The van der Waals surface area contributed by atoms with Crippen molar-refractivity contribution < 1.29 is 19.4 Å². The van der Waals surface area contributed by atoms with Gasteiger partial charge in [-0.1, -0.05) is 13.8 Å². The zero-order valence-corrected chi connectivity index (χ0v) is 14.5. The molecule has 6 heteroatoms. The van der Waals surface area contributed by atoms with Gasteiger partial charge in [0.2, 0.25) is 0 Å². The number of methoxy groups -OCH3 is 1. The van der Waals surface area contributed by atoms with Crippen LogP contribution >= 0.6 is 0 Å². The van der Waals surface area contributed by atoms with Crippen LogP contribution in [0.25, 0.3) is 0 Å². The number of aromatic hydroxyl groups is 1. The van der Waals surface area contributed by atoms with Crippen molar-refractivity contribution in [2.75, 3.05) is 13.7 Å². The van der Waals surface area contributed by atoms with E-state index in [1.165, 1.54) is 19.4 Å². The summed E-state index contributed by atoms with van der Waals surface area (Å²) in [5.41, 5.74) is 3.56. The van der Waals surface area contributed by atoms with Crippen LogP contribution in [0.4, 0.5) is 0 Å². The van der Waals surface area contributed by atoms with Crippen molar-refractivity contribution in [1.82, 2.24) is 5.43 Å². The number of phenols is 1. The molecule has 25 heavy (non-hydrogen) atoms. The number of rotatable bonds is 7. The number of carbonyl (C=O) groups is 1. The number of nitrogens with one attached hydrogen (secondary N) is 1. The minimum absolute atomic E-state index is 0.00904. The van der Waals surface area contributed by atoms with E-state index in [9.17, 15) is 9.90 Å². The number of amides is 1. The molecule has 0 fully saturated rings. The highest BCUT2D eigenvalue weighted by molar-refractivity contribution is 5.95. The Morgan fingerprint density at radius 3 is 2.56 bits per heavy atom. The molecule has 2 aromatic carbocycles. The SMILES string of the molecule is COc1ccc(C=NNC(=O)c2ccc(OCC(C)C)cc2)cc1O. The van der Waals surface area contributed by atoms with E-state index in [0.717, 1.165) is 5.75 Å². The summed E-state index contributed by atoms with van der Waals surface area (Å²) in [6, 6.07) is 11.7. The first-order chi connectivity index (χ1) is 12.0. The predicted molar refractivity (Wildman–Crippen MR) is 96.5 cm³/mol. The molecule has 1 amide bonds. The highest BCUT2D eigenvalue weighted by Crippen LogP contribution is 2.25. The molecule has 0 spiro atoms. The highest BCUT2D eigenvalue weighted by atomic mass is 16.5. The Hall–Kier alpha value is -3.02. The fourth-order valence-electron chi connectivity index (χ4n) is 1.98. The summed E-state index contributed by atoms with van der Waals surface area (Å²) in [7, 11) is 1.47. The fraction of sp³-hybridized carbons (Fsp3) is 0.263. The molecule has 0 aliphatic rings. The maximum absolute atomic E-state index is 12.0. The molecule has 6 nitrogen and oxygen atoms in total. The molecule has 0 saturated carbocycles. The first-order valence-electron chi connectivity index (χ1n) is 7.93. The predicted octanol–water partition coefficient (Wildman–Crippen LogP) is 3.20. The highest BCUT2D eigenvalue weighted by Gasteiger charge is 2.05. The van der Waals surface area contributed by atoms with E-state index in [0.29, 0.717) is 29.4 Å². The van der Waals surface area contributed by atoms with Crippen LogP contribution in [0.15, 0.2) is 47.6 Å². The van der Waals surface area contributed by atoms with E-state index in [2.05, 4.69) is 24.4 Å². The molecule has 0 aliphatic carbocycles. The second-order valence-electron chi connectivity index (χ2n) is 5.86. The van der Waals surface area contributed by atoms with Crippen LogP contribution in [-0.4, -0.2) is 30.9 Å². The second-order valence-corrected chi connectivity index (χ2v) is 5.86. The maximum Gasteiger partial charge on any atom is 0.271 e. The van der Waals surface area contributed by atoms with Crippen molar-refractivity contribution in [3.8, 4) is 17.2 Å². The summed E-state index contributed by atoms with van der Waals surface area (Å²) in [6.45, 7) is 4.77. The van der Waals surface area contributed by atoms with Crippen molar-refractivity contribution in [2.24, 2.45) is 11.0 Å². The van der Waals surface area contributed by atoms with Crippen LogP contribution < -0.4 is 14.9 Å². The fourth-order valence-corrected chi connectivity index (χ4v) is 1.98. The van der Waals surface area contributed by atoms with Crippen molar-refractivity contribution in [3.05, 3.63) is 53.6 Å². The van der Waals surface area contributed by atoms with E-state index in [1.807, 2.05) is 0 Å². The van der Waals surface area contributed by atoms with Crippen molar-refractivity contribution in [1.29, 1.82) is 0 Å². The Kier molecular flexibility index (Phi) is 6.39. The third-order valence-electron chi connectivity index (χ3n) is 3.28. The Balaban J connectivity index is 1.92. The van der Waals surface area contributed by atoms with Crippen LogP contribution in [0.3, 0.4) is 0 Å². The van der Waals surface area contributed by atoms with Gasteiger partial charge in [0.05, 0.1) is 19.9 Å². The zero-order chi connectivity index (χ0) is 18.2. The van der Waals surface area contributed by atoms with E-state index >= 15 is 0 Å². The average Bonchev–Trinajstić information content (AvgIpc) is 2.60. The number of nitrogens with zero attached hydrogens (tertiary/aromatic N) is 1. The molecular weight excluding hydrogens is 320 g/mol. The van der Waals surface area contributed by atoms with E-state index in [1.54, 1.807) is 36.4 Å². The van der Waals surface area contributed by atoms with Crippen LogP contribution in [0.2, 0.25) is 0 Å². The van der Waals surface area contributed by atoms with Crippen LogP contribution in [0.1, 0.15) is 29.8 Å².